The first-order valence-electron chi connectivity index (χ1n) is 10.9. The number of hydrogen-bond donors (Lipinski definition) is 0. The average Bonchev–Trinajstić information content (AvgIpc) is 2.68. The molecular formula is C25H34FNO4S. The summed E-state index contributed by atoms with van der Waals surface area (Å²) in [5.41, 5.74) is 1.83. The van der Waals surface area contributed by atoms with Crippen molar-refractivity contribution >= 4 is 16.0 Å². The van der Waals surface area contributed by atoms with Crippen LogP contribution in [-0.2, 0) is 28.0 Å². The minimum absolute atomic E-state index is 0.0277. The van der Waals surface area contributed by atoms with Crippen LogP contribution in [0.5, 0.6) is 5.75 Å². The van der Waals surface area contributed by atoms with Crippen molar-refractivity contribution in [2.75, 3.05) is 5.75 Å². The van der Waals surface area contributed by atoms with Crippen LogP contribution in [0.25, 0.3) is 0 Å². The predicted octanol–water partition coefficient (Wildman–Crippen LogP) is 5.55. The van der Waals surface area contributed by atoms with Crippen LogP contribution in [0.2, 0.25) is 0 Å². The standard InChI is InChI=1S/C25H34FNO4S/c1-6-32(29,30)31-23-13-9-21(10-14-23)18-27(17-20-7-11-22(26)12-8-20)24(28)15-19(2)16-25(3,4)5/h7-14,19H,6,15-18H2,1-5H3/t19-/m0/s1. The molecule has 0 radical (unpaired) electrons. The van der Waals surface area contributed by atoms with Gasteiger partial charge in [-0.2, -0.15) is 8.42 Å². The molecule has 176 valence electrons. The molecule has 0 N–H and O–H groups in total. The van der Waals surface area contributed by atoms with Crippen molar-refractivity contribution in [3.63, 3.8) is 0 Å². The molecule has 0 bridgehead atoms. The second-order valence-corrected chi connectivity index (χ2v) is 11.4. The number of halogens is 1. The molecule has 5 nitrogen and oxygen atoms in total. The first kappa shape index (κ1) is 25.8. The summed E-state index contributed by atoms with van der Waals surface area (Å²) < 4.78 is 41.6. The van der Waals surface area contributed by atoms with Gasteiger partial charge in [0.15, 0.2) is 0 Å². The molecule has 0 aliphatic rings. The fourth-order valence-corrected chi connectivity index (χ4v) is 4.19. The van der Waals surface area contributed by atoms with Crippen LogP contribution in [0.15, 0.2) is 48.5 Å². The zero-order valence-electron chi connectivity index (χ0n) is 19.6. The van der Waals surface area contributed by atoms with Gasteiger partial charge in [0, 0.05) is 19.5 Å². The molecule has 0 saturated carbocycles. The molecule has 7 heteroatoms. The molecule has 0 spiro atoms. The van der Waals surface area contributed by atoms with E-state index in [0.29, 0.717) is 19.5 Å². The first-order valence-corrected chi connectivity index (χ1v) is 12.5. The Balaban J connectivity index is 2.16. The van der Waals surface area contributed by atoms with Gasteiger partial charge in [-0.3, -0.25) is 4.79 Å². The van der Waals surface area contributed by atoms with Crippen molar-refractivity contribution in [1.29, 1.82) is 0 Å². The lowest BCUT2D eigenvalue weighted by atomic mass is 9.84. The average molecular weight is 464 g/mol. The molecule has 1 amide bonds. The van der Waals surface area contributed by atoms with Crippen LogP contribution in [0, 0.1) is 17.2 Å². The van der Waals surface area contributed by atoms with Gasteiger partial charge in [-0.1, -0.05) is 52.0 Å². The van der Waals surface area contributed by atoms with Gasteiger partial charge in [0.2, 0.25) is 5.91 Å². The van der Waals surface area contributed by atoms with E-state index in [-0.39, 0.29) is 34.6 Å². The first-order chi connectivity index (χ1) is 14.9. The van der Waals surface area contributed by atoms with Crippen LogP contribution in [0.3, 0.4) is 0 Å². The lowest BCUT2D eigenvalue weighted by Gasteiger charge is -2.27. The van der Waals surface area contributed by atoms with Crippen molar-refractivity contribution in [3.8, 4) is 5.75 Å². The van der Waals surface area contributed by atoms with E-state index in [4.69, 9.17) is 4.18 Å². The maximum Gasteiger partial charge on any atom is 0.308 e. The molecule has 0 heterocycles. The highest BCUT2D eigenvalue weighted by Crippen LogP contribution is 2.27. The van der Waals surface area contributed by atoms with Gasteiger partial charge >= 0.3 is 10.1 Å². The third-order valence-corrected chi connectivity index (χ3v) is 6.15. The molecule has 0 saturated heterocycles. The molecular weight excluding hydrogens is 429 g/mol. The van der Waals surface area contributed by atoms with Crippen molar-refractivity contribution in [1.82, 2.24) is 4.90 Å². The van der Waals surface area contributed by atoms with Crippen molar-refractivity contribution in [2.45, 2.75) is 60.5 Å². The fourth-order valence-electron chi connectivity index (χ4n) is 3.66. The number of rotatable bonds is 10. The van der Waals surface area contributed by atoms with Gasteiger partial charge in [0.1, 0.15) is 11.6 Å². The van der Waals surface area contributed by atoms with E-state index in [0.717, 1.165) is 17.5 Å². The van der Waals surface area contributed by atoms with Crippen molar-refractivity contribution in [3.05, 3.63) is 65.5 Å². The second kappa shape index (κ2) is 10.9. The second-order valence-electron chi connectivity index (χ2n) is 9.52. The summed E-state index contributed by atoms with van der Waals surface area (Å²) in [6, 6.07) is 12.8. The van der Waals surface area contributed by atoms with Gasteiger partial charge in [-0.15, -0.1) is 0 Å². The summed E-state index contributed by atoms with van der Waals surface area (Å²) >= 11 is 0. The highest BCUT2D eigenvalue weighted by molar-refractivity contribution is 7.87. The summed E-state index contributed by atoms with van der Waals surface area (Å²) in [6.45, 7) is 10.8. The zero-order chi connectivity index (χ0) is 23.9. The molecule has 32 heavy (non-hydrogen) atoms. The summed E-state index contributed by atoms with van der Waals surface area (Å²) in [5.74, 6) is 0.0728. The Hall–Kier alpha value is -2.41. The number of carbonyl (C=O) groups excluding carboxylic acids is 1. The largest absolute Gasteiger partial charge is 0.382 e. The molecule has 0 fully saturated rings. The molecule has 1 atom stereocenters. The number of benzene rings is 2. The quantitative estimate of drug-likeness (QED) is 0.434. The third-order valence-electron chi connectivity index (χ3n) is 5.00. The predicted molar refractivity (Wildman–Crippen MR) is 125 cm³/mol. The van der Waals surface area contributed by atoms with Gasteiger partial charge in [0.25, 0.3) is 0 Å². The maximum absolute atomic E-state index is 13.3. The third kappa shape index (κ3) is 8.99. The normalized spacial score (nSPS) is 12.9. The van der Waals surface area contributed by atoms with Crippen LogP contribution in [0.4, 0.5) is 4.39 Å². The van der Waals surface area contributed by atoms with E-state index >= 15 is 0 Å². The fraction of sp³-hybridized carbons (Fsp3) is 0.480. The van der Waals surface area contributed by atoms with Gasteiger partial charge in [-0.05, 0) is 60.1 Å². The minimum atomic E-state index is -3.59. The lowest BCUT2D eigenvalue weighted by molar-refractivity contribution is -0.133. The highest BCUT2D eigenvalue weighted by Gasteiger charge is 2.22. The van der Waals surface area contributed by atoms with Gasteiger partial charge < -0.3 is 9.08 Å². The number of hydrogen-bond acceptors (Lipinski definition) is 4. The lowest BCUT2D eigenvalue weighted by Crippen LogP contribution is -2.31. The Morgan fingerprint density at radius 2 is 1.50 bits per heavy atom. The maximum atomic E-state index is 13.3. The topological polar surface area (TPSA) is 63.7 Å². The van der Waals surface area contributed by atoms with E-state index in [1.54, 1.807) is 41.3 Å². The summed E-state index contributed by atoms with van der Waals surface area (Å²) in [6.07, 6.45) is 1.36. The molecule has 2 rings (SSSR count). The molecule has 2 aromatic rings. The van der Waals surface area contributed by atoms with Crippen LogP contribution in [0.1, 0.15) is 58.6 Å². The van der Waals surface area contributed by atoms with E-state index in [1.165, 1.54) is 19.1 Å². The Bertz CT molecular complexity index is 980. The molecule has 0 aromatic heterocycles. The Morgan fingerprint density at radius 3 is 1.97 bits per heavy atom. The number of carbonyl (C=O) groups is 1. The van der Waals surface area contributed by atoms with Crippen molar-refractivity contribution < 1.29 is 21.8 Å². The zero-order valence-corrected chi connectivity index (χ0v) is 20.4. The number of amides is 1. The molecule has 2 aromatic carbocycles. The Kier molecular flexibility index (Phi) is 8.84. The molecule has 0 unspecified atom stereocenters. The van der Waals surface area contributed by atoms with Gasteiger partial charge in [0.05, 0.1) is 5.75 Å². The van der Waals surface area contributed by atoms with E-state index in [9.17, 15) is 17.6 Å². The highest BCUT2D eigenvalue weighted by atomic mass is 32.2. The van der Waals surface area contributed by atoms with E-state index in [2.05, 4.69) is 27.7 Å². The monoisotopic (exact) mass is 463 g/mol. The number of nitrogens with zero attached hydrogens (tertiary/aromatic N) is 1. The van der Waals surface area contributed by atoms with Crippen LogP contribution < -0.4 is 4.18 Å². The summed E-state index contributed by atoms with van der Waals surface area (Å²) in [5, 5.41) is 0. The SMILES string of the molecule is CCS(=O)(=O)Oc1ccc(CN(Cc2ccc(F)cc2)C(=O)C[C@H](C)CC(C)(C)C)cc1. The molecule has 0 aliphatic heterocycles. The van der Waals surface area contributed by atoms with Gasteiger partial charge in [-0.25, -0.2) is 4.39 Å². The minimum Gasteiger partial charge on any atom is -0.382 e. The Labute approximate surface area is 191 Å². The van der Waals surface area contributed by atoms with Crippen LogP contribution >= 0.6 is 0 Å². The Morgan fingerprint density at radius 1 is 1.00 bits per heavy atom. The molecule has 0 aliphatic carbocycles. The summed E-state index contributed by atoms with van der Waals surface area (Å²) in [7, 11) is -3.59. The van der Waals surface area contributed by atoms with E-state index < -0.39 is 10.1 Å². The smallest absolute Gasteiger partial charge is 0.308 e. The van der Waals surface area contributed by atoms with Crippen molar-refractivity contribution in [2.24, 2.45) is 11.3 Å². The van der Waals surface area contributed by atoms with E-state index in [1.807, 2.05) is 0 Å². The summed E-state index contributed by atoms with van der Waals surface area (Å²) in [4.78, 5) is 14.9. The van der Waals surface area contributed by atoms with Crippen LogP contribution in [-0.4, -0.2) is 25.0 Å².